The molecule has 4 aromatic rings. The van der Waals surface area contributed by atoms with Gasteiger partial charge in [0.1, 0.15) is 4.83 Å². The molecule has 0 N–H and O–H groups in total. The van der Waals surface area contributed by atoms with Crippen LogP contribution in [-0.2, 0) is 24.8 Å². The van der Waals surface area contributed by atoms with Gasteiger partial charge in [-0.3, -0.25) is 14.2 Å². The Morgan fingerprint density at radius 3 is 2.65 bits per heavy atom. The molecule has 156 valence electrons. The minimum Gasteiger partial charge on any atom is -0.337 e. The Morgan fingerprint density at radius 2 is 1.84 bits per heavy atom. The summed E-state index contributed by atoms with van der Waals surface area (Å²) in [5.41, 5.74) is 3.53. The summed E-state index contributed by atoms with van der Waals surface area (Å²) in [6.07, 6.45) is 0.882. The van der Waals surface area contributed by atoms with Crippen molar-refractivity contribution >= 4 is 39.2 Å². The number of carbonyl (C=O) groups excluding carboxylic acids is 1. The van der Waals surface area contributed by atoms with Crippen molar-refractivity contribution in [3.8, 4) is 10.4 Å². The van der Waals surface area contributed by atoms with Crippen LogP contribution in [0.25, 0.3) is 20.7 Å². The molecular formula is C24H21N3O2S2. The van der Waals surface area contributed by atoms with Gasteiger partial charge in [0, 0.05) is 25.0 Å². The predicted octanol–water partition coefficient (Wildman–Crippen LogP) is 4.34. The standard InChI is InChI=1S/C24H21N3O2S2/c1-26-23(29)19-13-20(17-8-3-2-4-9-17)31-22(19)25-24(26)30-15-21(28)27-12-11-16-7-5-6-10-18(16)14-27/h2-10,13H,11-12,14-15H2,1H3. The molecule has 1 aliphatic rings. The average molecular weight is 448 g/mol. The van der Waals surface area contributed by atoms with Gasteiger partial charge in [-0.1, -0.05) is 66.4 Å². The number of thiophene rings is 1. The number of nitrogens with zero attached hydrogens (tertiary/aromatic N) is 3. The summed E-state index contributed by atoms with van der Waals surface area (Å²) in [7, 11) is 1.72. The van der Waals surface area contributed by atoms with E-state index in [9.17, 15) is 9.59 Å². The highest BCUT2D eigenvalue weighted by atomic mass is 32.2. The predicted molar refractivity (Wildman–Crippen MR) is 127 cm³/mol. The van der Waals surface area contributed by atoms with Crippen molar-refractivity contribution in [3.05, 3.63) is 82.1 Å². The lowest BCUT2D eigenvalue weighted by atomic mass is 10.00. The topological polar surface area (TPSA) is 55.2 Å². The van der Waals surface area contributed by atoms with Crippen LogP contribution in [0.3, 0.4) is 0 Å². The van der Waals surface area contributed by atoms with Crippen LogP contribution in [0.1, 0.15) is 11.1 Å². The molecule has 0 aliphatic carbocycles. The smallest absolute Gasteiger partial charge is 0.262 e. The third-order valence-electron chi connectivity index (χ3n) is 5.60. The minimum absolute atomic E-state index is 0.0741. The summed E-state index contributed by atoms with van der Waals surface area (Å²) in [4.78, 5) is 34.1. The van der Waals surface area contributed by atoms with E-state index in [1.54, 1.807) is 11.6 Å². The summed E-state index contributed by atoms with van der Waals surface area (Å²) in [5, 5.41) is 1.19. The summed E-state index contributed by atoms with van der Waals surface area (Å²) in [5.74, 6) is 0.343. The highest BCUT2D eigenvalue weighted by molar-refractivity contribution is 7.99. The van der Waals surface area contributed by atoms with Gasteiger partial charge < -0.3 is 4.90 Å². The van der Waals surface area contributed by atoms with Crippen LogP contribution in [0.2, 0.25) is 0 Å². The molecule has 7 heteroatoms. The SMILES string of the molecule is Cn1c(SCC(=O)N2CCc3ccccc3C2)nc2sc(-c3ccccc3)cc2c1=O. The minimum atomic E-state index is -0.0784. The Hall–Kier alpha value is -2.90. The van der Waals surface area contributed by atoms with Gasteiger partial charge in [0.25, 0.3) is 5.56 Å². The fourth-order valence-corrected chi connectivity index (χ4v) is 5.80. The van der Waals surface area contributed by atoms with E-state index < -0.39 is 0 Å². The van der Waals surface area contributed by atoms with Gasteiger partial charge in [0.05, 0.1) is 11.1 Å². The third-order valence-corrected chi connectivity index (χ3v) is 7.69. The van der Waals surface area contributed by atoms with E-state index in [-0.39, 0.29) is 17.2 Å². The summed E-state index contributed by atoms with van der Waals surface area (Å²) in [6.45, 7) is 1.37. The molecule has 0 fully saturated rings. The average Bonchev–Trinajstić information content (AvgIpc) is 3.25. The Balaban J connectivity index is 1.35. The number of thioether (sulfide) groups is 1. The molecule has 0 radical (unpaired) electrons. The first-order valence-corrected chi connectivity index (χ1v) is 11.9. The monoisotopic (exact) mass is 447 g/mol. The Bertz CT molecular complexity index is 1330. The largest absolute Gasteiger partial charge is 0.337 e. The van der Waals surface area contributed by atoms with Crippen LogP contribution >= 0.6 is 23.1 Å². The molecule has 2 aromatic heterocycles. The molecule has 0 unspecified atom stereocenters. The van der Waals surface area contributed by atoms with Gasteiger partial charge in [0.2, 0.25) is 5.91 Å². The van der Waals surface area contributed by atoms with E-state index in [1.165, 1.54) is 34.2 Å². The van der Waals surface area contributed by atoms with E-state index in [2.05, 4.69) is 12.1 Å². The van der Waals surface area contributed by atoms with E-state index in [4.69, 9.17) is 4.98 Å². The zero-order valence-corrected chi connectivity index (χ0v) is 18.7. The van der Waals surface area contributed by atoms with E-state index in [0.29, 0.717) is 21.9 Å². The van der Waals surface area contributed by atoms with Crippen molar-refractivity contribution < 1.29 is 4.79 Å². The number of carbonyl (C=O) groups is 1. The second-order valence-corrected chi connectivity index (χ2v) is 9.55. The lowest BCUT2D eigenvalue weighted by molar-refractivity contribution is -0.129. The van der Waals surface area contributed by atoms with E-state index in [1.807, 2.05) is 53.4 Å². The van der Waals surface area contributed by atoms with Crippen LogP contribution in [0, 0.1) is 0 Å². The fourth-order valence-electron chi connectivity index (χ4n) is 3.85. The normalized spacial score (nSPS) is 13.4. The van der Waals surface area contributed by atoms with Crippen LogP contribution in [0.15, 0.2) is 70.6 Å². The van der Waals surface area contributed by atoms with Gasteiger partial charge in [-0.2, -0.15) is 0 Å². The van der Waals surface area contributed by atoms with Gasteiger partial charge in [-0.05, 0) is 29.2 Å². The van der Waals surface area contributed by atoms with E-state index in [0.717, 1.165) is 23.4 Å². The Kier molecular flexibility index (Phi) is 5.38. The molecule has 0 bridgehead atoms. The highest BCUT2D eigenvalue weighted by Crippen LogP contribution is 2.32. The quantitative estimate of drug-likeness (QED) is 0.345. The molecule has 2 aromatic carbocycles. The molecular weight excluding hydrogens is 426 g/mol. The van der Waals surface area contributed by atoms with Crippen molar-refractivity contribution in [2.45, 2.75) is 18.1 Å². The van der Waals surface area contributed by atoms with Crippen molar-refractivity contribution in [1.29, 1.82) is 0 Å². The maximum atomic E-state index is 12.9. The first-order chi connectivity index (χ1) is 15.1. The molecule has 1 amide bonds. The summed E-state index contributed by atoms with van der Waals surface area (Å²) >= 11 is 2.84. The molecule has 0 spiro atoms. The van der Waals surface area contributed by atoms with Crippen LogP contribution in [0.4, 0.5) is 0 Å². The lowest BCUT2D eigenvalue weighted by Crippen LogP contribution is -2.37. The molecule has 3 heterocycles. The molecule has 0 saturated carbocycles. The van der Waals surface area contributed by atoms with Crippen molar-refractivity contribution in [2.24, 2.45) is 7.05 Å². The molecule has 31 heavy (non-hydrogen) atoms. The first kappa shape index (κ1) is 20.0. The zero-order valence-electron chi connectivity index (χ0n) is 17.1. The molecule has 5 rings (SSSR count). The van der Waals surface area contributed by atoms with Gasteiger partial charge in [-0.15, -0.1) is 11.3 Å². The molecule has 5 nitrogen and oxygen atoms in total. The number of fused-ring (bicyclic) bond motifs is 2. The second kappa shape index (κ2) is 8.32. The third kappa shape index (κ3) is 3.91. The van der Waals surface area contributed by atoms with Crippen molar-refractivity contribution in [2.75, 3.05) is 12.3 Å². The Labute approximate surface area is 188 Å². The number of benzene rings is 2. The number of amides is 1. The summed E-state index contributed by atoms with van der Waals surface area (Å²) in [6, 6.07) is 20.2. The zero-order chi connectivity index (χ0) is 21.4. The van der Waals surface area contributed by atoms with Crippen LogP contribution in [0.5, 0.6) is 0 Å². The molecule has 1 aliphatic heterocycles. The van der Waals surface area contributed by atoms with Gasteiger partial charge in [0.15, 0.2) is 5.16 Å². The second-order valence-electron chi connectivity index (χ2n) is 7.58. The maximum absolute atomic E-state index is 12.9. The summed E-state index contributed by atoms with van der Waals surface area (Å²) < 4.78 is 1.55. The van der Waals surface area contributed by atoms with Crippen molar-refractivity contribution in [1.82, 2.24) is 14.5 Å². The van der Waals surface area contributed by atoms with Gasteiger partial charge in [-0.25, -0.2) is 4.98 Å². The first-order valence-electron chi connectivity index (χ1n) is 10.1. The molecule has 0 atom stereocenters. The lowest BCUT2D eigenvalue weighted by Gasteiger charge is -2.28. The van der Waals surface area contributed by atoms with Gasteiger partial charge >= 0.3 is 0 Å². The maximum Gasteiger partial charge on any atom is 0.262 e. The molecule has 0 saturated heterocycles. The van der Waals surface area contributed by atoms with Crippen LogP contribution in [-0.4, -0.2) is 32.7 Å². The number of hydrogen-bond donors (Lipinski definition) is 0. The van der Waals surface area contributed by atoms with E-state index >= 15 is 0 Å². The Morgan fingerprint density at radius 1 is 1.10 bits per heavy atom. The number of hydrogen-bond acceptors (Lipinski definition) is 5. The van der Waals surface area contributed by atoms with Crippen LogP contribution < -0.4 is 5.56 Å². The fraction of sp³-hybridized carbons (Fsp3) is 0.208. The number of rotatable bonds is 4. The highest BCUT2D eigenvalue weighted by Gasteiger charge is 2.21. The number of aromatic nitrogens is 2. The van der Waals surface area contributed by atoms with Crippen molar-refractivity contribution in [3.63, 3.8) is 0 Å².